The summed E-state index contributed by atoms with van der Waals surface area (Å²) in [6.07, 6.45) is -1.16. The highest BCUT2D eigenvalue weighted by atomic mass is 16.6. The molecule has 2 atom stereocenters. The molecule has 1 rings (SSSR count). The van der Waals surface area contributed by atoms with Crippen LogP contribution in [0.4, 0.5) is 0 Å². The summed E-state index contributed by atoms with van der Waals surface area (Å²) >= 11 is 0. The molecule has 0 aliphatic rings. The highest BCUT2D eigenvalue weighted by Crippen LogP contribution is 2.27. The van der Waals surface area contributed by atoms with Crippen LogP contribution in [0.15, 0.2) is 24.3 Å². The lowest BCUT2D eigenvalue weighted by Gasteiger charge is -2.15. The van der Waals surface area contributed by atoms with Gasteiger partial charge >= 0.3 is 0 Å². The molecule has 5 heteroatoms. The Bertz CT molecular complexity index is 353. The number of nitrogens with zero attached hydrogens (tertiary/aromatic N) is 1. The first-order valence-electron chi connectivity index (χ1n) is 4.52. The molecule has 0 aromatic heterocycles. The molecule has 5 nitrogen and oxygen atoms in total. The lowest BCUT2D eigenvalue weighted by Crippen LogP contribution is -2.24. The second-order valence-corrected chi connectivity index (χ2v) is 3.21. The number of hydrogen-bond acceptors (Lipinski definition) is 4. The fraction of sp³-hybridized carbons (Fsp3) is 0.400. The Morgan fingerprint density at radius 1 is 1.47 bits per heavy atom. The molecule has 0 heterocycles. The molecule has 0 fully saturated rings. The molecule has 0 amide bonds. The maximum absolute atomic E-state index is 10.5. The molecule has 2 unspecified atom stereocenters. The van der Waals surface area contributed by atoms with Gasteiger partial charge < -0.3 is 9.84 Å². The van der Waals surface area contributed by atoms with Crippen LogP contribution in [-0.2, 0) is 0 Å². The van der Waals surface area contributed by atoms with Gasteiger partial charge in [0.1, 0.15) is 11.9 Å². The Hall–Kier alpha value is -1.62. The average molecular weight is 211 g/mol. The lowest BCUT2D eigenvalue weighted by molar-refractivity contribution is -0.531. The van der Waals surface area contributed by atoms with Gasteiger partial charge in [-0.2, -0.15) is 0 Å². The highest BCUT2D eigenvalue weighted by molar-refractivity contribution is 5.35. The zero-order valence-electron chi connectivity index (χ0n) is 8.58. The number of aliphatic hydroxyl groups excluding tert-OH is 1. The number of aliphatic hydroxyl groups is 1. The summed E-state index contributed by atoms with van der Waals surface area (Å²) in [5.41, 5.74) is 0.434. The smallest absolute Gasteiger partial charge is 0.240 e. The molecule has 15 heavy (non-hydrogen) atoms. The van der Waals surface area contributed by atoms with Gasteiger partial charge in [-0.25, -0.2) is 0 Å². The van der Waals surface area contributed by atoms with E-state index in [0.29, 0.717) is 11.3 Å². The van der Waals surface area contributed by atoms with E-state index in [0.717, 1.165) is 0 Å². The molecule has 0 saturated carbocycles. The molecule has 0 bridgehead atoms. The van der Waals surface area contributed by atoms with Crippen LogP contribution in [-0.4, -0.2) is 23.2 Å². The molecule has 0 saturated heterocycles. The summed E-state index contributed by atoms with van der Waals surface area (Å²) in [7, 11) is 1.46. The Morgan fingerprint density at radius 3 is 2.60 bits per heavy atom. The van der Waals surface area contributed by atoms with Gasteiger partial charge in [0, 0.05) is 17.4 Å². The van der Waals surface area contributed by atoms with E-state index in [2.05, 4.69) is 0 Å². The van der Waals surface area contributed by atoms with Crippen molar-refractivity contribution in [3.8, 4) is 5.75 Å². The number of para-hydroxylation sites is 1. The van der Waals surface area contributed by atoms with Crippen LogP contribution in [0.3, 0.4) is 0 Å². The summed E-state index contributed by atoms with van der Waals surface area (Å²) in [6, 6.07) is 5.66. The van der Waals surface area contributed by atoms with E-state index < -0.39 is 17.1 Å². The van der Waals surface area contributed by atoms with Crippen molar-refractivity contribution in [2.45, 2.75) is 19.1 Å². The van der Waals surface area contributed by atoms with Crippen LogP contribution in [0.1, 0.15) is 18.6 Å². The maximum atomic E-state index is 10.5. The zero-order chi connectivity index (χ0) is 11.4. The summed E-state index contributed by atoms with van der Waals surface area (Å²) in [6.45, 7) is 1.36. The summed E-state index contributed by atoms with van der Waals surface area (Å²) in [4.78, 5) is 10.0. The van der Waals surface area contributed by atoms with Gasteiger partial charge in [0.05, 0.1) is 7.11 Å². The highest BCUT2D eigenvalue weighted by Gasteiger charge is 2.27. The number of benzene rings is 1. The summed E-state index contributed by atoms with van der Waals surface area (Å²) in [5.74, 6) is 0.457. The number of nitro groups is 1. The normalized spacial score (nSPS) is 14.3. The number of hydrogen-bond donors (Lipinski definition) is 1. The molecule has 0 spiro atoms. The van der Waals surface area contributed by atoms with Crippen LogP contribution in [0, 0.1) is 10.1 Å². The third kappa shape index (κ3) is 2.44. The SMILES string of the molecule is COc1ccccc1C(O)C(C)[N+](=O)[O-]. The topological polar surface area (TPSA) is 72.6 Å². The van der Waals surface area contributed by atoms with Crippen LogP contribution in [0.25, 0.3) is 0 Å². The first-order valence-corrected chi connectivity index (χ1v) is 4.52. The lowest BCUT2D eigenvalue weighted by atomic mass is 10.0. The fourth-order valence-corrected chi connectivity index (χ4v) is 1.29. The van der Waals surface area contributed by atoms with Gasteiger partial charge in [0.2, 0.25) is 6.04 Å². The van der Waals surface area contributed by atoms with E-state index in [1.54, 1.807) is 24.3 Å². The Labute approximate surface area is 87.5 Å². The van der Waals surface area contributed by atoms with E-state index in [1.165, 1.54) is 14.0 Å². The monoisotopic (exact) mass is 211 g/mol. The van der Waals surface area contributed by atoms with Crippen LogP contribution in [0.2, 0.25) is 0 Å². The Morgan fingerprint density at radius 2 is 2.07 bits per heavy atom. The van der Waals surface area contributed by atoms with Gasteiger partial charge in [0.15, 0.2) is 0 Å². The third-order valence-electron chi connectivity index (χ3n) is 2.25. The second-order valence-electron chi connectivity index (χ2n) is 3.21. The number of methoxy groups -OCH3 is 1. The molecule has 1 aromatic carbocycles. The molecular weight excluding hydrogens is 198 g/mol. The van der Waals surface area contributed by atoms with Crippen LogP contribution >= 0.6 is 0 Å². The number of rotatable bonds is 4. The summed E-state index contributed by atoms with van der Waals surface area (Å²) in [5, 5.41) is 20.3. The van der Waals surface area contributed by atoms with E-state index in [4.69, 9.17) is 4.74 Å². The molecule has 0 radical (unpaired) electrons. The number of ether oxygens (including phenoxy) is 1. The van der Waals surface area contributed by atoms with Crippen molar-refractivity contribution in [1.29, 1.82) is 0 Å². The van der Waals surface area contributed by atoms with Gasteiger partial charge in [0.25, 0.3) is 0 Å². The largest absolute Gasteiger partial charge is 0.496 e. The quantitative estimate of drug-likeness (QED) is 0.603. The predicted molar refractivity (Wildman–Crippen MR) is 54.4 cm³/mol. The van der Waals surface area contributed by atoms with E-state index >= 15 is 0 Å². The van der Waals surface area contributed by atoms with E-state index in [9.17, 15) is 15.2 Å². The minimum absolute atomic E-state index is 0.434. The predicted octanol–water partition coefficient (Wildman–Crippen LogP) is 1.39. The molecule has 82 valence electrons. The zero-order valence-corrected chi connectivity index (χ0v) is 8.58. The van der Waals surface area contributed by atoms with Crippen molar-refractivity contribution in [1.82, 2.24) is 0 Å². The Balaban J connectivity index is 2.99. The molecule has 1 aromatic rings. The molecule has 0 aliphatic heterocycles. The van der Waals surface area contributed by atoms with Crippen molar-refractivity contribution < 1.29 is 14.8 Å². The average Bonchev–Trinajstić information content (AvgIpc) is 2.26. The molecule has 1 N–H and O–H groups in total. The first kappa shape index (κ1) is 11.5. The van der Waals surface area contributed by atoms with Gasteiger partial charge in [-0.3, -0.25) is 10.1 Å². The third-order valence-corrected chi connectivity index (χ3v) is 2.25. The van der Waals surface area contributed by atoms with Gasteiger partial charge in [-0.05, 0) is 6.07 Å². The molecule has 0 aliphatic carbocycles. The van der Waals surface area contributed by atoms with Crippen LogP contribution < -0.4 is 4.74 Å². The second kappa shape index (κ2) is 4.75. The van der Waals surface area contributed by atoms with Crippen LogP contribution in [0.5, 0.6) is 5.75 Å². The molecular formula is C10H13NO4. The van der Waals surface area contributed by atoms with Gasteiger partial charge in [-0.1, -0.05) is 18.2 Å². The first-order chi connectivity index (χ1) is 7.07. The van der Waals surface area contributed by atoms with Crippen molar-refractivity contribution in [3.63, 3.8) is 0 Å². The minimum Gasteiger partial charge on any atom is -0.496 e. The minimum atomic E-state index is -1.16. The van der Waals surface area contributed by atoms with E-state index in [-0.39, 0.29) is 0 Å². The maximum Gasteiger partial charge on any atom is 0.240 e. The van der Waals surface area contributed by atoms with Crippen molar-refractivity contribution in [2.75, 3.05) is 7.11 Å². The van der Waals surface area contributed by atoms with Gasteiger partial charge in [-0.15, -0.1) is 0 Å². The standard InChI is InChI=1S/C10H13NO4/c1-7(11(13)14)10(12)8-5-3-4-6-9(8)15-2/h3-7,10,12H,1-2H3. The Kier molecular flexibility index (Phi) is 3.62. The van der Waals surface area contributed by atoms with Crippen molar-refractivity contribution in [3.05, 3.63) is 39.9 Å². The summed E-state index contributed by atoms with van der Waals surface area (Å²) < 4.78 is 5.01. The fourth-order valence-electron chi connectivity index (χ4n) is 1.29. The van der Waals surface area contributed by atoms with Crippen molar-refractivity contribution in [2.24, 2.45) is 0 Å². The van der Waals surface area contributed by atoms with E-state index in [1.807, 2.05) is 0 Å². The van der Waals surface area contributed by atoms with Crippen molar-refractivity contribution >= 4 is 0 Å².